The summed E-state index contributed by atoms with van der Waals surface area (Å²) >= 11 is 0. The Balaban J connectivity index is 0.000000913. The van der Waals surface area contributed by atoms with E-state index in [4.69, 9.17) is 9.90 Å². The Morgan fingerprint density at radius 1 is 1.19 bits per heavy atom. The lowest BCUT2D eigenvalue weighted by Crippen LogP contribution is -2.41. The Bertz CT molecular complexity index is 1000. The maximum Gasteiger partial charge on any atom is 0.335 e. The molecule has 2 aliphatic heterocycles. The Morgan fingerprint density at radius 2 is 1.91 bits per heavy atom. The fourth-order valence-electron chi connectivity index (χ4n) is 4.53. The van der Waals surface area contributed by atoms with Gasteiger partial charge in [-0.1, -0.05) is 12.1 Å². The van der Waals surface area contributed by atoms with Gasteiger partial charge in [0.1, 0.15) is 11.6 Å². The summed E-state index contributed by atoms with van der Waals surface area (Å²) in [5, 5.41) is 16.1. The summed E-state index contributed by atoms with van der Waals surface area (Å²) in [4.78, 5) is 42.2. The number of carbonyl (C=O) groups excluding carboxylic acids is 1. The molecule has 2 aliphatic rings. The predicted octanol–water partition coefficient (Wildman–Crippen LogP) is 2.41. The molecule has 1 aromatic carbocycles. The maximum absolute atomic E-state index is 13.9. The minimum absolute atomic E-state index is 0.0915. The van der Waals surface area contributed by atoms with Gasteiger partial charge in [0.15, 0.2) is 0 Å². The Kier molecular flexibility index (Phi) is 6.92. The van der Waals surface area contributed by atoms with Crippen LogP contribution in [0.15, 0.2) is 42.6 Å². The number of aromatic nitrogens is 1. The third kappa shape index (κ3) is 4.63. The molecular formula is C22H25FN4O5. The lowest BCUT2D eigenvalue weighted by Gasteiger charge is -2.32. The van der Waals surface area contributed by atoms with E-state index in [9.17, 15) is 19.1 Å². The molecule has 0 radical (unpaired) electrons. The summed E-state index contributed by atoms with van der Waals surface area (Å²) in [6.07, 6.45) is 1.50. The van der Waals surface area contributed by atoms with Crippen molar-refractivity contribution in [3.8, 4) is 0 Å². The predicted molar refractivity (Wildman–Crippen MR) is 114 cm³/mol. The fraction of sp³-hybridized carbons (Fsp3) is 0.364. The number of pyridine rings is 1. The molecule has 0 aliphatic carbocycles. The highest BCUT2D eigenvalue weighted by Crippen LogP contribution is 2.46. The first-order valence-corrected chi connectivity index (χ1v) is 10.0. The van der Waals surface area contributed by atoms with E-state index in [1.165, 1.54) is 24.4 Å². The zero-order valence-corrected chi connectivity index (χ0v) is 17.8. The van der Waals surface area contributed by atoms with Crippen molar-refractivity contribution in [3.63, 3.8) is 0 Å². The van der Waals surface area contributed by atoms with E-state index in [2.05, 4.69) is 9.88 Å². The van der Waals surface area contributed by atoms with Crippen molar-refractivity contribution in [3.05, 3.63) is 59.5 Å². The molecule has 32 heavy (non-hydrogen) atoms. The second-order valence-electron chi connectivity index (χ2n) is 7.97. The lowest BCUT2D eigenvalue weighted by atomic mass is 9.89. The molecular weight excluding hydrogens is 419 g/mol. The van der Waals surface area contributed by atoms with Crippen LogP contribution in [0.2, 0.25) is 0 Å². The highest BCUT2D eigenvalue weighted by atomic mass is 19.1. The number of carboxylic acid groups (broad SMARTS) is 2. The van der Waals surface area contributed by atoms with Gasteiger partial charge >= 0.3 is 12.0 Å². The van der Waals surface area contributed by atoms with Crippen LogP contribution in [-0.4, -0.2) is 77.2 Å². The first-order chi connectivity index (χ1) is 15.3. The average Bonchev–Trinajstić information content (AvgIpc) is 3.31. The number of aromatic carboxylic acids is 1. The topological polar surface area (TPSA) is 114 Å². The van der Waals surface area contributed by atoms with Crippen LogP contribution in [-0.2, 0) is 4.79 Å². The van der Waals surface area contributed by atoms with Crippen molar-refractivity contribution >= 4 is 24.3 Å². The smallest absolute Gasteiger partial charge is 0.335 e. The van der Waals surface area contributed by atoms with Gasteiger partial charge in [-0.3, -0.25) is 4.79 Å². The zero-order valence-electron chi connectivity index (χ0n) is 17.8. The number of urea groups is 1. The number of halogens is 1. The van der Waals surface area contributed by atoms with Crippen LogP contribution < -0.4 is 4.90 Å². The number of carbonyl (C=O) groups is 3. The third-order valence-corrected chi connectivity index (χ3v) is 5.80. The SMILES string of the molecule is CN(C)C(=O)N1C[C@H]2CN(c3cc(C(=O)O)ccn3)C[C@H]2[C@H]1c1cccc(F)c1.O=CO. The van der Waals surface area contributed by atoms with E-state index in [-0.39, 0.29) is 41.8 Å². The summed E-state index contributed by atoms with van der Waals surface area (Å²) in [5.74, 6) is -0.400. The van der Waals surface area contributed by atoms with Crippen molar-refractivity contribution in [1.82, 2.24) is 14.8 Å². The second kappa shape index (κ2) is 9.63. The van der Waals surface area contributed by atoms with E-state index in [0.717, 1.165) is 5.56 Å². The van der Waals surface area contributed by atoms with Gasteiger partial charge in [-0.05, 0) is 29.8 Å². The molecule has 2 amide bonds. The minimum atomic E-state index is -0.992. The third-order valence-electron chi connectivity index (χ3n) is 5.80. The molecule has 0 unspecified atom stereocenters. The standard InChI is InChI=1S/C21H23FN4O3.CH2O2/c1-24(2)21(29)26-11-15-10-25(18-9-14(20(27)28)6-7-23-18)12-17(15)19(26)13-4-3-5-16(22)8-13;2-1-3/h3-9,15,17,19H,10-12H2,1-2H3,(H,27,28);1H,(H,2,3)/t15-,17-,19-;/m1./s1. The first-order valence-electron chi connectivity index (χ1n) is 10.0. The number of anilines is 1. The fourth-order valence-corrected chi connectivity index (χ4v) is 4.53. The Labute approximate surface area is 184 Å². The number of amides is 2. The van der Waals surface area contributed by atoms with Crippen molar-refractivity contribution in [1.29, 1.82) is 0 Å². The van der Waals surface area contributed by atoms with Crippen LogP contribution in [0.3, 0.4) is 0 Å². The maximum atomic E-state index is 13.9. The van der Waals surface area contributed by atoms with Crippen LogP contribution in [0.1, 0.15) is 22.0 Å². The van der Waals surface area contributed by atoms with E-state index in [1.807, 2.05) is 11.0 Å². The molecule has 2 N–H and O–H groups in total. The van der Waals surface area contributed by atoms with Gasteiger partial charge < -0.3 is 24.9 Å². The van der Waals surface area contributed by atoms with Crippen LogP contribution in [0.5, 0.6) is 0 Å². The van der Waals surface area contributed by atoms with Crippen LogP contribution in [0, 0.1) is 17.7 Å². The number of benzene rings is 1. The largest absolute Gasteiger partial charge is 0.483 e. The van der Waals surface area contributed by atoms with Gasteiger partial charge in [0.2, 0.25) is 0 Å². The van der Waals surface area contributed by atoms with Crippen LogP contribution in [0.4, 0.5) is 15.0 Å². The summed E-state index contributed by atoms with van der Waals surface area (Å²) in [6.45, 7) is 1.61. The van der Waals surface area contributed by atoms with Gasteiger partial charge in [-0.25, -0.2) is 19.0 Å². The molecule has 2 fully saturated rings. The summed E-state index contributed by atoms with van der Waals surface area (Å²) < 4.78 is 13.9. The highest BCUT2D eigenvalue weighted by Gasteiger charge is 2.49. The van der Waals surface area contributed by atoms with E-state index >= 15 is 0 Å². The molecule has 0 spiro atoms. The first kappa shape index (κ1) is 23.0. The number of fused-ring (bicyclic) bond motifs is 1. The lowest BCUT2D eigenvalue weighted by molar-refractivity contribution is -0.122. The van der Waals surface area contributed by atoms with Gasteiger partial charge in [-0.2, -0.15) is 0 Å². The van der Waals surface area contributed by atoms with Gasteiger partial charge in [0.05, 0.1) is 11.6 Å². The summed E-state index contributed by atoms with van der Waals surface area (Å²) in [7, 11) is 3.43. The quantitative estimate of drug-likeness (QED) is 0.699. The molecule has 2 aromatic rings. The molecule has 3 atom stereocenters. The van der Waals surface area contributed by atoms with Gasteiger partial charge in [-0.15, -0.1) is 0 Å². The van der Waals surface area contributed by atoms with Crippen molar-refractivity contribution in [2.75, 3.05) is 38.6 Å². The monoisotopic (exact) mass is 444 g/mol. The van der Waals surface area contributed by atoms with E-state index < -0.39 is 5.97 Å². The number of nitrogens with zero attached hydrogens (tertiary/aromatic N) is 4. The molecule has 1 aromatic heterocycles. The number of hydrogen-bond acceptors (Lipinski definition) is 5. The number of hydrogen-bond donors (Lipinski definition) is 2. The highest BCUT2D eigenvalue weighted by molar-refractivity contribution is 5.88. The molecule has 0 bridgehead atoms. The second-order valence-corrected chi connectivity index (χ2v) is 7.97. The van der Waals surface area contributed by atoms with Gasteiger partial charge in [0, 0.05) is 51.8 Å². The minimum Gasteiger partial charge on any atom is -0.483 e. The molecule has 10 heteroatoms. The summed E-state index contributed by atoms with van der Waals surface area (Å²) in [5.41, 5.74) is 0.972. The Hall–Kier alpha value is -3.69. The van der Waals surface area contributed by atoms with Crippen molar-refractivity contribution in [2.24, 2.45) is 11.8 Å². The molecule has 170 valence electrons. The summed E-state index contributed by atoms with van der Waals surface area (Å²) in [6, 6.07) is 9.13. The zero-order chi connectivity index (χ0) is 23.4. The van der Waals surface area contributed by atoms with E-state index in [1.54, 1.807) is 31.1 Å². The van der Waals surface area contributed by atoms with E-state index in [0.29, 0.717) is 25.5 Å². The van der Waals surface area contributed by atoms with Crippen LogP contribution in [0.25, 0.3) is 0 Å². The number of likely N-dealkylation sites (tertiary alicyclic amines) is 1. The molecule has 3 heterocycles. The number of carboxylic acids is 1. The molecule has 2 saturated heterocycles. The normalized spacial score (nSPS) is 21.4. The van der Waals surface area contributed by atoms with Crippen molar-refractivity contribution in [2.45, 2.75) is 6.04 Å². The molecule has 0 saturated carbocycles. The van der Waals surface area contributed by atoms with Crippen molar-refractivity contribution < 1.29 is 29.0 Å². The Morgan fingerprint density at radius 3 is 2.53 bits per heavy atom. The van der Waals surface area contributed by atoms with Crippen LogP contribution >= 0.6 is 0 Å². The van der Waals surface area contributed by atoms with Gasteiger partial charge in [0.25, 0.3) is 6.47 Å². The number of rotatable bonds is 3. The average molecular weight is 444 g/mol. The molecule has 9 nitrogen and oxygen atoms in total. The molecule has 4 rings (SSSR count).